The van der Waals surface area contributed by atoms with Crippen LogP contribution in [0.2, 0.25) is 0 Å². The zero-order valence-electron chi connectivity index (χ0n) is 15.6. The number of anilines is 2. The van der Waals surface area contributed by atoms with Crippen LogP contribution in [0.1, 0.15) is 41.3 Å². The summed E-state index contributed by atoms with van der Waals surface area (Å²) in [6, 6.07) is 14.2. The van der Waals surface area contributed by atoms with Crippen LogP contribution in [-0.2, 0) is 10.0 Å². The summed E-state index contributed by atoms with van der Waals surface area (Å²) in [5.74, 6) is -0.0105. The molecule has 7 nitrogen and oxygen atoms in total. The highest BCUT2D eigenvalue weighted by Gasteiger charge is 2.21. The summed E-state index contributed by atoms with van der Waals surface area (Å²) < 4.78 is 27.3. The Morgan fingerprint density at radius 3 is 2.36 bits per heavy atom. The molecule has 0 atom stereocenters. The molecule has 1 aromatic heterocycles. The summed E-state index contributed by atoms with van der Waals surface area (Å²) in [5, 5.41) is 10.2. The molecule has 3 rings (SSSR count). The van der Waals surface area contributed by atoms with Crippen LogP contribution in [0, 0.1) is 6.92 Å². The number of nitrogens with zero attached hydrogens (tertiary/aromatic N) is 2. The molecule has 28 heavy (non-hydrogen) atoms. The summed E-state index contributed by atoms with van der Waals surface area (Å²) >= 11 is 0.791. The number of aromatic nitrogens is 2. The number of nitrogens with one attached hydrogen (secondary N) is 2. The largest absolute Gasteiger partial charge is 0.296 e. The summed E-state index contributed by atoms with van der Waals surface area (Å²) in [5.41, 5.74) is 2.85. The van der Waals surface area contributed by atoms with Gasteiger partial charge in [0.15, 0.2) is 0 Å². The van der Waals surface area contributed by atoms with Gasteiger partial charge in [-0.25, -0.2) is 0 Å². The monoisotopic (exact) mass is 416 g/mol. The highest BCUT2D eigenvalue weighted by Crippen LogP contribution is 2.24. The van der Waals surface area contributed by atoms with Crippen molar-refractivity contribution in [1.29, 1.82) is 0 Å². The molecule has 1 amide bonds. The number of sulfonamides is 1. The zero-order valence-corrected chi connectivity index (χ0v) is 17.3. The predicted octanol–water partition coefficient (Wildman–Crippen LogP) is 4.02. The van der Waals surface area contributed by atoms with Gasteiger partial charge >= 0.3 is 0 Å². The van der Waals surface area contributed by atoms with Gasteiger partial charge in [-0.3, -0.25) is 14.8 Å². The topological polar surface area (TPSA) is 101 Å². The predicted molar refractivity (Wildman–Crippen MR) is 110 cm³/mol. The lowest BCUT2D eigenvalue weighted by atomic mass is 10.0. The van der Waals surface area contributed by atoms with Crippen LogP contribution in [0.3, 0.4) is 0 Å². The Labute approximate surface area is 167 Å². The Hall–Kier alpha value is -2.78. The standard InChI is InChI=1S/C19H20N4O3S2/c1-12(2)14-8-10-15(11-9-14)23-28(25,26)19-22-21-18(27-19)20-17(24)16-7-5-4-6-13(16)3/h4-12,23H,1-3H3,(H,20,21,24). The van der Waals surface area contributed by atoms with Crippen LogP contribution in [-0.4, -0.2) is 24.5 Å². The van der Waals surface area contributed by atoms with E-state index in [9.17, 15) is 13.2 Å². The number of benzene rings is 2. The fraction of sp³-hybridized carbons (Fsp3) is 0.211. The second-order valence-corrected chi connectivity index (χ2v) is 9.36. The Morgan fingerprint density at radius 2 is 1.71 bits per heavy atom. The molecule has 1 heterocycles. The zero-order chi connectivity index (χ0) is 20.3. The molecule has 2 N–H and O–H groups in total. The molecular formula is C19H20N4O3S2. The van der Waals surface area contributed by atoms with Crippen LogP contribution in [0.4, 0.5) is 10.8 Å². The van der Waals surface area contributed by atoms with E-state index in [1.54, 1.807) is 24.3 Å². The molecule has 0 unspecified atom stereocenters. The summed E-state index contributed by atoms with van der Waals surface area (Å²) in [4.78, 5) is 12.3. The van der Waals surface area contributed by atoms with Crippen LogP contribution >= 0.6 is 11.3 Å². The van der Waals surface area contributed by atoms with Crippen molar-refractivity contribution in [2.24, 2.45) is 0 Å². The molecule has 0 bridgehead atoms. The molecule has 146 valence electrons. The lowest BCUT2D eigenvalue weighted by Gasteiger charge is -2.08. The van der Waals surface area contributed by atoms with Gasteiger partial charge in [0.25, 0.3) is 20.3 Å². The third kappa shape index (κ3) is 4.55. The molecule has 0 spiro atoms. The second kappa shape index (κ2) is 8.07. The third-order valence-corrected chi connectivity index (χ3v) is 6.66. The molecule has 9 heteroatoms. The first-order valence-electron chi connectivity index (χ1n) is 8.59. The Balaban J connectivity index is 1.73. The van der Waals surface area contributed by atoms with E-state index in [1.807, 2.05) is 31.2 Å². The van der Waals surface area contributed by atoms with Crippen molar-refractivity contribution in [1.82, 2.24) is 10.2 Å². The Bertz CT molecular complexity index is 1090. The summed E-state index contributed by atoms with van der Waals surface area (Å²) in [6.07, 6.45) is 0. The van der Waals surface area contributed by atoms with E-state index >= 15 is 0 Å². The number of amides is 1. The number of carbonyl (C=O) groups is 1. The van der Waals surface area contributed by atoms with E-state index in [4.69, 9.17) is 0 Å². The summed E-state index contributed by atoms with van der Waals surface area (Å²) in [7, 11) is -3.89. The van der Waals surface area contributed by atoms with Gasteiger partial charge in [-0.05, 0) is 42.2 Å². The second-order valence-electron chi connectivity index (χ2n) is 6.52. The number of rotatable bonds is 6. The van der Waals surface area contributed by atoms with Gasteiger partial charge in [-0.15, -0.1) is 10.2 Å². The van der Waals surface area contributed by atoms with Gasteiger partial charge in [-0.1, -0.05) is 55.5 Å². The van der Waals surface area contributed by atoms with Crippen LogP contribution in [0.15, 0.2) is 52.9 Å². The van der Waals surface area contributed by atoms with Crippen molar-refractivity contribution >= 4 is 38.1 Å². The maximum Gasteiger partial charge on any atom is 0.291 e. The van der Waals surface area contributed by atoms with Crippen molar-refractivity contribution in [3.8, 4) is 0 Å². The maximum atomic E-state index is 12.5. The molecule has 3 aromatic rings. The third-order valence-electron chi connectivity index (χ3n) is 4.08. The minimum Gasteiger partial charge on any atom is -0.296 e. The average Bonchev–Trinajstić information content (AvgIpc) is 3.11. The minimum absolute atomic E-state index is 0.115. The Morgan fingerprint density at radius 1 is 1.04 bits per heavy atom. The van der Waals surface area contributed by atoms with Gasteiger partial charge in [0, 0.05) is 11.3 Å². The van der Waals surface area contributed by atoms with Gasteiger partial charge < -0.3 is 0 Å². The molecule has 0 saturated carbocycles. The molecule has 0 aliphatic carbocycles. The van der Waals surface area contributed by atoms with E-state index in [0.29, 0.717) is 17.2 Å². The molecule has 0 aliphatic heterocycles. The SMILES string of the molecule is Cc1ccccc1C(=O)Nc1nnc(S(=O)(=O)Nc2ccc(C(C)C)cc2)s1. The van der Waals surface area contributed by atoms with Crippen molar-refractivity contribution < 1.29 is 13.2 Å². The van der Waals surface area contributed by atoms with E-state index in [-0.39, 0.29) is 15.4 Å². The molecule has 0 radical (unpaired) electrons. The van der Waals surface area contributed by atoms with E-state index in [0.717, 1.165) is 22.5 Å². The normalized spacial score (nSPS) is 11.4. The van der Waals surface area contributed by atoms with Gasteiger partial charge in [-0.2, -0.15) is 8.42 Å². The molecular weight excluding hydrogens is 396 g/mol. The fourth-order valence-corrected chi connectivity index (χ4v) is 4.45. The molecule has 0 fully saturated rings. The molecule has 0 aliphatic rings. The first-order chi connectivity index (χ1) is 13.3. The molecule has 0 saturated heterocycles. The average molecular weight is 417 g/mol. The van der Waals surface area contributed by atoms with E-state index in [2.05, 4.69) is 34.1 Å². The van der Waals surface area contributed by atoms with Gasteiger partial charge in [0.05, 0.1) is 0 Å². The van der Waals surface area contributed by atoms with Gasteiger partial charge in [0.2, 0.25) is 5.13 Å². The van der Waals surface area contributed by atoms with E-state index < -0.39 is 10.0 Å². The fourth-order valence-electron chi connectivity index (χ4n) is 2.50. The number of hydrogen-bond acceptors (Lipinski definition) is 6. The quantitative estimate of drug-likeness (QED) is 0.591. The van der Waals surface area contributed by atoms with Crippen LogP contribution in [0.25, 0.3) is 0 Å². The number of aryl methyl sites for hydroxylation is 1. The van der Waals surface area contributed by atoms with Crippen molar-refractivity contribution in [2.75, 3.05) is 10.0 Å². The molecule has 2 aromatic carbocycles. The van der Waals surface area contributed by atoms with Crippen LogP contribution < -0.4 is 10.0 Å². The first-order valence-corrected chi connectivity index (χ1v) is 10.9. The Kier molecular flexibility index (Phi) is 5.76. The lowest BCUT2D eigenvalue weighted by Crippen LogP contribution is -2.13. The van der Waals surface area contributed by atoms with Crippen LogP contribution in [0.5, 0.6) is 0 Å². The smallest absolute Gasteiger partial charge is 0.291 e. The lowest BCUT2D eigenvalue weighted by molar-refractivity contribution is 0.102. The van der Waals surface area contributed by atoms with Crippen molar-refractivity contribution in [3.63, 3.8) is 0 Å². The number of hydrogen-bond donors (Lipinski definition) is 2. The highest BCUT2D eigenvalue weighted by atomic mass is 32.2. The van der Waals surface area contributed by atoms with Gasteiger partial charge in [0.1, 0.15) is 0 Å². The van der Waals surface area contributed by atoms with E-state index in [1.165, 1.54) is 0 Å². The van der Waals surface area contributed by atoms with Crippen molar-refractivity contribution in [3.05, 3.63) is 65.2 Å². The summed E-state index contributed by atoms with van der Waals surface area (Å²) in [6.45, 7) is 5.94. The highest BCUT2D eigenvalue weighted by molar-refractivity contribution is 7.94. The maximum absolute atomic E-state index is 12.5. The number of carbonyl (C=O) groups excluding carboxylic acids is 1. The van der Waals surface area contributed by atoms with Crippen molar-refractivity contribution in [2.45, 2.75) is 31.0 Å². The minimum atomic E-state index is -3.89. The first kappa shape index (κ1) is 20.0.